The van der Waals surface area contributed by atoms with Gasteiger partial charge in [-0.05, 0) is 24.6 Å². The molecular formula is C10H12FN5O2S. The van der Waals surface area contributed by atoms with E-state index in [1.54, 1.807) is 6.92 Å². The Kier molecular flexibility index (Phi) is 3.86. The Balaban J connectivity index is 2.04. The fraction of sp³-hybridized carbons (Fsp3) is 0.300. The van der Waals surface area contributed by atoms with Crippen LogP contribution in [0.3, 0.4) is 0 Å². The van der Waals surface area contributed by atoms with Crippen LogP contribution in [0.4, 0.5) is 4.39 Å². The average Bonchev–Trinajstić information content (AvgIpc) is 2.85. The van der Waals surface area contributed by atoms with Crippen molar-refractivity contribution in [1.29, 1.82) is 0 Å². The van der Waals surface area contributed by atoms with Crippen LogP contribution in [-0.4, -0.2) is 29.0 Å². The fourth-order valence-electron chi connectivity index (χ4n) is 1.52. The lowest BCUT2D eigenvalue weighted by Gasteiger charge is -2.10. The topological polar surface area (TPSA) is 101 Å². The number of sulfonamides is 1. The molecule has 2 aromatic rings. The maximum Gasteiger partial charge on any atom is 0.216 e. The molecule has 7 nitrogen and oxygen atoms in total. The molecule has 2 N–H and O–H groups in total. The molecule has 0 aliphatic heterocycles. The predicted molar refractivity (Wildman–Crippen MR) is 64.8 cm³/mol. The number of rotatable bonds is 5. The molecule has 0 spiro atoms. The van der Waals surface area contributed by atoms with E-state index in [1.807, 2.05) is 0 Å². The van der Waals surface area contributed by atoms with E-state index in [9.17, 15) is 12.8 Å². The number of tetrazole rings is 1. The number of aromatic amines is 1. The molecule has 19 heavy (non-hydrogen) atoms. The summed E-state index contributed by atoms with van der Waals surface area (Å²) in [4.78, 5) is 0. The molecule has 0 radical (unpaired) electrons. The van der Waals surface area contributed by atoms with E-state index in [1.165, 1.54) is 24.3 Å². The minimum Gasteiger partial charge on any atom is -0.212 e. The summed E-state index contributed by atoms with van der Waals surface area (Å²) in [6, 6.07) is 4.69. The molecule has 2 rings (SSSR count). The van der Waals surface area contributed by atoms with E-state index in [0.717, 1.165) is 0 Å². The number of hydrogen-bond donors (Lipinski definition) is 2. The zero-order valence-corrected chi connectivity index (χ0v) is 10.9. The number of benzene rings is 1. The molecular weight excluding hydrogens is 273 g/mol. The normalized spacial score (nSPS) is 13.4. The molecule has 0 aliphatic rings. The highest BCUT2D eigenvalue weighted by atomic mass is 32.2. The van der Waals surface area contributed by atoms with Crippen molar-refractivity contribution in [3.63, 3.8) is 0 Å². The molecule has 102 valence electrons. The molecule has 1 aromatic heterocycles. The SMILES string of the molecule is CC(NS(=O)(=O)Cc1ccc(F)cc1)c1nn[nH]n1. The van der Waals surface area contributed by atoms with Crippen molar-refractivity contribution in [1.82, 2.24) is 25.3 Å². The monoisotopic (exact) mass is 285 g/mol. The van der Waals surface area contributed by atoms with Crippen molar-refractivity contribution in [3.05, 3.63) is 41.5 Å². The van der Waals surface area contributed by atoms with Crippen LogP contribution in [0.1, 0.15) is 24.4 Å². The maximum atomic E-state index is 12.7. The van der Waals surface area contributed by atoms with E-state index in [2.05, 4.69) is 25.3 Å². The summed E-state index contributed by atoms with van der Waals surface area (Å²) >= 11 is 0. The van der Waals surface area contributed by atoms with Gasteiger partial charge in [0.2, 0.25) is 10.0 Å². The van der Waals surface area contributed by atoms with Crippen molar-refractivity contribution < 1.29 is 12.8 Å². The van der Waals surface area contributed by atoms with E-state index in [-0.39, 0.29) is 11.6 Å². The van der Waals surface area contributed by atoms with E-state index >= 15 is 0 Å². The van der Waals surface area contributed by atoms with E-state index in [4.69, 9.17) is 0 Å². The second-order valence-electron chi connectivity index (χ2n) is 4.00. The third-order valence-electron chi connectivity index (χ3n) is 2.38. The van der Waals surface area contributed by atoms with Gasteiger partial charge in [-0.15, -0.1) is 10.2 Å². The van der Waals surface area contributed by atoms with Crippen LogP contribution in [0.5, 0.6) is 0 Å². The lowest BCUT2D eigenvalue weighted by Crippen LogP contribution is -2.28. The Morgan fingerprint density at radius 1 is 1.37 bits per heavy atom. The van der Waals surface area contributed by atoms with Crippen LogP contribution in [0, 0.1) is 5.82 Å². The highest BCUT2D eigenvalue weighted by molar-refractivity contribution is 7.88. The van der Waals surface area contributed by atoms with Gasteiger partial charge in [-0.1, -0.05) is 17.3 Å². The summed E-state index contributed by atoms with van der Waals surface area (Å²) in [7, 11) is -3.57. The summed E-state index contributed by atoms with van der Waals surface area (Å²) in [5.41, 5.74) is 0.495. The summed E-state index contributed by atoms with van der Waals surface area (Å²) in [6.45, 7) is 1.60. The van der Waals surface area contributed by atoms with E-state index in [0.29, 0.717) is 5.56 Å². The van der Waals surface area contributed by atoms with Crippen molar-refractivity contribution in [2.24, 2.45) is 0 Å². The average molecular weight is 285 g/mol. The third-order valence-corrected chi connectivity index (χ3v) is 3.80. The third kappa shape index (κ3) is 3.80. The Hall–Kier alpha value is -1.87. The first-order valence-electron chi connectivity index (χ1n) is 5.44. The number of nitrogens with one attached hydrogen (secondary N) is 2. The highest BCUT2D eigenvalue weighted by Crippen LogP contribution is 2.10. The highest BCUT2D eigenvalue weighted by Gasteiger charge is 2.19. The number of hydrogen-bond acceptors (Lipinski definition) is 5. The van der Waals surface area contributed by atoms with Crippen molar-refractivity contribution >= 4 is 10.0 Å². The van der Waals surface area contributed by atoms with E-state index < -0.39 is 21.9 Å². The van der Waals surface area contributed by atoms with Gasteiger partial charge in [0.15, 0.2) is 5.82 Å². The summed E-state index contributed by atoms with van der Waals surface area (Å²) < 4.78 is 38.9. The van der Waals surface area contributed by atoms with Gasteiger partial charge >= 0.3 is 0 Å². The molecule has 9 heteroatoms. The predicted octanol–water partition coefficient (Wildman–Crippen LogP) is 0.519. The van der Waals surface area contributed by atoms with Crippen LogP contribution < -0.4 is 4.72 Å². The molecule has 1 unspecified atom stereocenters. The smallest absolute Gasteiger partial charge is 0.212 e. The first kappa shape index (κ1) is 13.6. The van der Waals surface area contributed by atoms with Crippen LogP contribution >= 0.6 is 0 Å². The minimum atomic E-state index is -3.57. The number of H-pyrrole nitrogens is 1. The molecule has 1 aromatic carbocycles. The maximum absolute atomic E-state index is 12.7. The number of nitrogens with zero attached hydrogens (tertiary/aromatic N) is 3. The van der Waals surface area contributed by atoms with Gasteiger partial charge in [-0.25, -0.2) is 17.5 Å². The largest absolute Gasteiger partial charge is 0.216 e. The van der Waals surface area contributed by atoms with Gasteiger partial charge in [-0.3, -0.25) is 0 Å². The fourth-order valence-corrected chi connectivity index (χ4v) is 2.88. The van der Waals surface area contributed by atoms with Gasteiger partial charge in [-0.2, -0.15) is 5.21 Å². The number of halogens is 1. The second kappa shape index (κ2) is 5.41. The standard InChI is InChI=1S/C10H12FN5O2S/c1-7(10-12-15-16-13-10)14-19(17,18)6-8-2-4-9(11)5-3-8/h2-5,7,14H,6H2,1H3,(H,12,13,15,16). The Labute approximate surface area is 109 Å². The molecule has 1 heterocycles. The first-order valence-corrected chi connectivity index (χ1v) is 7.09. The van der Waals surface area contributed by atoms with Gasteiger partial charge in [0, 0.05) is 0 Å². The van der Waals surface area contributed by atoms with Gasteiger partial charge < -0.3 is 0 Å². The van der Waals surface area contributed by atoms with Gasteiger partial charge in [0.05, 0.1) is 11.8 Å². The lowest BCUT2D eigenvalue weighted by atomic mass is 10.2. The zero-order chi connectivity index (χ0) is 13.9. The Morgan fingerprint density at radius 3 is 2.63 bits per heavy atom. The van der Waals surface area contributed by atoms with Crippen LogP contribution in [0.25, 0.3) is 0 Å². The summed E-state index contributed by atoms with van der Waals surface area (Å²) in [5.74, 6) is -0.396. The lowest BCUT2D eigenvalue weighted by molar-refractivity contribution is 0.559. The minimum absolute atomic E-state index is 0.241. The van der Waals surface area contributed by atoms with Crippen molar-refractivity contribution in [3.8, 4) is 0 Å². The van der Waals surface area contributed by atoms with Gasteiger partial charge in [0.1, 0.15) is 5.82 Å². The molecule has 1 atom stereocenters. The first-order chi connectivity index (χ1) is 8.96. The molecule has 0 fully saturated rings. The van der Waals surface area contributed by atoms with Crippen LogP contribution in [0.15, 0.2) is 24.3 Å². The van der Waals surface area contributed by atoms with Crippen molar-refractivity contribution in [2.45, 2.75) is 18.7 Å². The molecule has 0 amide bonds. The second-order valence-corrected chi connectivity index (χ2v) is 5.75. The number of aromatic nitrogens is 4. The molecule has 0 saturated heterocycles. The van der Waals surface area contributed by atoms with Crippen LogP contribution in [-0.2, 0) is 15.8 Å². The quantitative estimate of drug-likeness (QED) is 0.834. The van der Waals surface area contributed by atoms with Crippen molar-refractivity contribution in [2.75, 3.05) is 0 Å². The molecule has 0 bridgehead atoms. The Bertz CT molecular complexity index is 626. The summed E-state index contributed by atoms with van der Waals surface area (Å²) in [6.07, 6.45) is 0. The Morgan fingerprint density at radius 2 is 2.05 bits per heavy atom. The molecule has 0 saturated carbocycles. The molecule has 0 aliphatic carbocycles. The summed E-state index contributed by atoms with van der Waals surface area (Å²) in [5, 5.41) is 13.0. The zero-order valence-electron chi connectivity index (χ0n) is 10.0. The van der Waals surface area contributed by atoms with Gasteiger partial charge in [0.25, 0.3) is 0 Å². The van der Waals surface area contributed by atoms with Crippen LogP contribution in [0.2, 0.25) is 0 Å².